The van der Waals surface area contributed by atoms with E-state index in [9.17, 15) is 9.90 Å². The zero-order chi connectivity index (χ0) is 17.2. The molecule has 2 heterocycles. The third kappa shape index (κ3) is 1.92. The molecular formula is C20H28O4. The molecule has 1 aliphatic heterocycles. The number of rotatable bonds is 3. The molecule has 0 aromatic carbocycles. The van der Waals surface area contributed by atoms with Crippen LogP contribution in [-0.2, 0) is 16.0 Å². The molecule has 4 nitrogen and oxygen atoms in total. The highest BCUT2D eigenvalue weighted by atomic mass is 16.6. The van der Waals surface area contributed by atoms with Crippen molar-refractivity contribution in [2.45, 2.75) is 71.0 Å². The highest BCUT2D eigenvalue weighted by Gasteiger charge is 2.70. The maximum atomic E-state index is 12.6. The molecule has 4 heteroatoms. The van der Waals surface area contributed by atoms with Gasteiger partial charge in [0.15, 0.2) is 0 Å². The first kappa shape index (κ1) is 16.2. The fraction of sp³-hybridized carbons (Fsp3) is 0.750. The Labute approximate surface area is 143 Å². The van der Waals surface area contributed by atoms with E-state index in [1.165, 1.54) is 0 Å². The summed E-state index contributed by atoms with van der Waals surface area (Å²) in [5.41, 5.74) is -0.362. The predicted octanol–water partition coefficient (Wildman–Crippen LogP) is 3.72. The molecular weight excluding hydrogens is 304 g/mol. The summed E-state index contributed by atoms with van der Waals surface area (Å²) < 4.78 is 11.0. The Morgan fingerprint density at radius 2 is 2.12 bits per heavy atom. The monoisotopic (exact) mass is 332 g/mol. The van der Waals surface area contributed by atoms with Gasteiger partial charge in [0.1, 0.15) is 6.10 Å². The number of aryl methyl sites for hydroxylation is 1. The van der Waals surface area contributed by atoms with E-state index < -0.39 is 11.0 Å². The molecule has 6 atom stereocenters. The van der Waals surface area contributed by atoms with Gasteiger partial charge in [0, 0.05) is 11.3 Å². The van der Waals surface area contributed by atoms with E-state index in [1.807, 2.05) is 6.07 Å². The van der Waals surface area contributed by atoms with Crippen LogP contribution in [0.15, 0.2) is 23.0 Å². The average Bonchev–Trinajstić information content (AvgIpc) is 3.12. The maximum Gasteiger partial charge on any atom is 0.312 e. The molecule has 0 radical (unpaired) electrons. The minimum absolute atomic E-state index is 0.0306. The van der Waals surface area contributed by atoms with Gasteiger partial charge in [0.05, 0.1) is 23.5 Å². The number of hydrogen-bond acceptors (Lipinski definition) is 4. The van der Waals surface area contributed by atoms with Crippen molar-refractivity contribution in [2.75, 3.05) is 0 Å². The van der Waals surface area contributed by atoms with E-state index in [0.29, 0.717) is 6.42 Å². The van der Waals surface area contributed by atoms with E-state index in [2.05, 4.69) is 20.8 Å². The molecule has 1 saturated heterocycles. The Kier molecular flexibility index (Phi) is 3.44. The van der Waals surface area contributed by atoms with Gasteiger partial charge in [-0.1, -0.05) is 20.3 Å². The lowest BCUT2D eigenvalue weighted by atomic mass is 9.44. The first-order valence-electron chi connectivity index (χ1n) is 9.26. The Hall–Kier alpha value is -1.29. The summed E-state index contributed by atoms with van der Waals surface area (Å²) in [5, 5.41) is 11.9. The van der Waals surface area contributed by atoms with Crippen molar-refractivity contribution >= 4 is 5.97 Å². The van der Waals surface area contributed by atoms with Crippen molar-refractivity contribution in [1.29, 1.82) is 0 Å². The van der Waals surface area contributed by atoms with Crippen LogP contribution >= 0.6 is 0 Å². The van der Waals surface area contributed by atoms with E-state index >= 15 is 0 Å². The first-order chi connectivity index (χ1) is 11.3. The van der Waals surface area contributed by atoms with Crippen molar-refractivity contribution in [1.82, 2.24) is 0 Å². The number of ether oxygens (including phenoxy) is 1. The van der Waals surface area contributed by atoms with Crippen molar-refractivity contribution in [3.05, 3.63) is 24.2 Å². The second-order valence-electron chi connectivity index (χ2n) is 8.80. The molecule has 1 N–H and O–H groups in total. The summed E-state index contributed by atoms with van der Waals surface area (Å²) in [6, 6.07) is 1.97. The maximum absolute atomic E-state index is 12.6. The number of esters is 1. The fourth-order valence-corrected chi connectivity index (χ4v) is 6.30. The van der Waals surface area contributed by atoms with Crippen LogP contribution in [0.4, 0.5) is 0 Å². The van der Waals surface area contributed by atoms with Crippen LogP contribution in [0, 0.1) is 22.7 Å². The number of carbonyl (C=O) groups is 1. The minimum atomic E-state index is -0.777. The van der Waals surface area contributed by atoms with Crippen LogP contribution in [0.25, 0.3) is 0 Å². The quantitative estimate of drug-likeness (QED) is 0.857. The largest absolute Gasteiger partial charge is 0.472 e. The third-order valence-electron chi connectivity index (χ3n) is 7.63. The van der Waals surface area contributed by atoms with Crippen LogP contribution in [0.5, 0.6) is 0 Å². The van der Waals surface area contributed by atoms with E-state index in [-0.39, 0.29) is 29.3 Å². The second-order valence-corrected chi connectivity index (χ2v) is 8.80. The third-order valence-corrected chi connectivity index (χ3v) is 7.63. The number of hydrogen-bond donors (Lipinski definition) is 1. The van der Waals surface area contributed by atoms with Crippen molar-refractivity contribution in [3.63, 3.8) is 0 Å². The number of furan rings is 1. The van der Waals surface area contributed by atoms with Crippen LogP contribution in [0.2, 0.25) is 0 Å². The normalized spacial score (nSPS) is 47.3. The SMILES string of the molecule is C[C@H]1C[C@H]2OC(=O)[C@@]3(C)CCC[C@](C)([C@H]23)[C@]1(O)CCc1ccoc1. The molecule has 3 fully saturated rings. The molecule has 4 rings (SSSR count). The summed E-state index contributed by atoms with van der Waals surface area (Å²) in [7, 11) is 0. The Bertz CT molecular complexity index is 638. The minimum Gasteiger partial charge on any atom is -0.472 e. The lowest BCUT2D eigenvalue weighted by Crippen LogP contribution is -2.65. The first-order valence-corrected chi connectivity index (χ1v) is 9.26. The zero-order valence-corrected chi connectivity index (χ0v) is 14.9. The summed E-state index contributed by atoms with van der Waals surface area (Å²) >= 11 is 0. The smallest absolute Gasteiger partial charge is 0.312 e. The Morgan fingerprint density at radius 1 is 1.33 bits per heavy atom. The molecule has 132 valence electrons. The van der Waals surface area contributed by atoms with Crippen molar-refractivity contribution in [3.8, 4) is 0 Å². The molecule has 24 heavy (non-hydrogen) atoms. The molecule has 2 saturated carbocycles. The summed E-state index contributed by atoms with van der Waals surface area (Å²) in [6.45, 7) is 6.38. The van der Waals surface area contributed by atoms with E-state index in [0.717, 1.165) is 37.7 Å². The molecule has 1 aromatic rings. The van der Waals surface area contributed by atoms with Gasteiger partial charge < -0.3 is 14.3 Å². The molecule has 0 bridgehead atoms. The summed E-state index contributed by atoms with van der Waals surface area (Å²) in [4.78, 5) is 12.6. The van der Waals surface area contributed by atoms with Gasteiger partial charge >= 0.3 is 5.97 Å². The second kappa shape index (κ2) is 5.10. The highest BCUT2D eigenvalue weighted by Crippen LogP contribution is 2.67. The lowest BCUT2D eigenvalue weighted by molar-refractivity contribution is -0.217. The van der Waals surface area contributed by atoms with Gasteiger partial charge in [-0.2, -0.15) is 0 Å². The van der Waals surface area contributed by atoms with E-state index in [4.69, 9.17) is 9.15 Å². The van der Waals surface area contributed by atoms with Gasteiger partial charge in [-0.25, -0.2) is 0 Å². The van der Waals surface area contributed by atoms with Crippen LogP contribution in [0.1, 0.15) is 58.4 Å². The lowest BCUT2D eigenvalue weighted by Gasteiger charge is -2.61. The zero-order valence-electron chi connectivity index (χ0n) is 14.9. The predicted molar refractivity (Wildman–Crippen MR) is 89.2 cm³/mol. The van der Waals surface area contributed by atoms with Crippen LogP contribution in [0.3, 0.4) is 0 Å². The van der Waals surface area contributed by atoms with Gasteiger partial charge in [-0.3, -0.25) is 4.79 Å². The van der Waals surface area contributed by atoms with E-state index in [1.54, 1.807) is 12.5 Å². The number of aliphatic hydroxyl groups is 1. The Balaban J connectivity index is 1.70. The van der Waals surface area contributed by atoms with Crippen LogP contribution in [-0.4, -0.2) is 22.8 Å². The molecule has 3 aliphatic rings. The van der Waals surface area contributed by atoms with Crippen molar-refractivity contribution in [2.24, 2.45) is 22.7 Å². The van der Waals surface area contributed by atoms with Gasteiger partial charge in [-0.15, -0.1) is 0 Å². The van der Waals surface area contributed by atoms with Crippen LogP contribution < -0.4 is 0 Å². The molecule has 0 spiro atoms. The summed E-state index contributed by atoms with van der Waals surface area (Å²) in [5.74, 6) is 0.190. The van der Waals surface area contributed by atoms with Gasteiger partial charge in [-0.05, 0) is 56.6 Å². The molecule has 1 aromatic heterocycles. The fourth-order valence-electron chi connectivity index (χ4n) is 6.30. The standard InChI is InChI=1S/C20H28O4/c1-13-11-15-16-18(2,17(21)24-15)7-4-8-19(16,3)20(13,22)9-5-14-6-10-23-12-14/h6,10,12-13,15-16,22H,4-5,7-9,11H2,1-3H3/t13-,15+,16+,18-,19+,20-/m0/s1. The molecule has 0 amide bonds. The molecule has 2 aliphatic carbocycles. The summed E-state index contributed by atoms with van der Waals surface area (Å²) in [6.07, 6.45) is 8.51. The van der Waals surface area contributed by atoms with Gasteiger partial charge in [0.25, 0.3) is 0 Å². The topological polar surface area (TPSA) is 59.7 Å². The van der Waals surface area contributed by atoms with Gasteiger partial charge in [0.2, 0.25) is 0 Å². The Morgan fingerprint density at radius 3 is 2.83 bits per heavy atom. The van der Waals surface area contributed by atoms with Crippen molar-refractivity contribution < 1.29 is 19.1 Å². The molecule has 0 unspecified atom stereocenters. The highest BCUT2D eigenvalue weighted by molar-refractivity contribution is 5.80. The number of carbonyl (C=O) groups excluding carboxylic acids is 1. The average molecular weight is 332 g/mol.